The molecule has 0 saturated carbocycles. The molecule has 1 fully saturated rings. The van der Waals surface area contributed by atoms with Gasteiger partial charge in [-0.25, -0.2) is 4.39 Å². The first-order valence-electron chi connectivity index (χ1n) is 5.79. The lowest BCUT2D eigenvalue weighted by atomic mass is 9.94. The Bertz CT molecular complexity index is 361. The van der Waals surface area contributed by atoms with E-state index in [2.05, 4.69) is 6.92 Å². The highest BCUT2D eigenvalue weighted by Crippen LogP contribution is 2.29. The second-order valence-corrected chi connectivity index (χ2v) is 4.35. The zero-order valence-electron chi connectivity index (χ0n) is 9.45. The van der Waals surface area contributed by atoms with Crippen LogP contribution in [0.25, 0.3) is 0 Å². The SMILES string of the molecule is CCC(CCc1cc(F)ccc1O)C1CO1. The number of halogens is 1. The molecule has 0 aromatic heterocycles. The predicted octanol–water partition coefficient (Wildman–Crippen LogP) is 2.89. The Kier molecular flexibility index (Phi) is 3.44. The van der Waals surface area contributed by atoms with Gasteiger partial charge in [0.2, 0.25) is 0 Å². The van der Waals surface area contributed by atoms with Crippen LogP contribution in [0.5, 0.6) is 5.75 Å². The third-order valence-corrected chi connectivity index (χ3v) is 3.24. The molecule has 0 amide bonds. The Morgan fingerprint density at radius 2 is 2.31 bits per heavy atom. The maximum Gasteiger partial charge on any atom is 0.123 e. The van der Waals surface area contributed by atoms with E-state index >= 15 is 0 Å². The summed E-state index contributed by atoms with van der Waals surface area (Å²) in [6.45, 7) is 2.99. The van der Waals surface area contributed by atoms with Crippen molar-refractivity contribution in [3.8, 4) is 5.75 Å². The van der Waals surface area contributed by atoms with Crippen LogP contribution in [-0.2, 0) is 11.2 Å². The molecule has 2 rings (SSSR count). The fraction of sp³-hybridized carbons (Fsp3) is 0.538. The Morgan fingerprint density at radius 3 is 2.94 bits per heavy atom. The van der Waals surface area contributed by atoms with Crippen molar-refractivity contribution >= 4 is 0 Å². The first kappa shape index (κ1) is 11.4. The predicted molar refractivity (Wildman–Crippen MR) is 59.9 cm³/mol. The summed E-state index contributed by atoms with van der Waals surface area (Å²) in [4.78, 5) is 0. The summed E-state index contributed by atoms with van der Waals surface area (Å²) < 4.78 is 18.3. The van der Waals surface area contributed by atoms with E-state index in [1.807, 2.05) is 0 Å². The van der Waals surface area contributed by atoms with Crippen molar-refractivity contribution in [2.24, 2.45) is 5.92 Å². The van der Waals surface area contributed by atoms with Crippen molar-refractivity contribution in [3.05, 3.63) is 29.6 Å². The Morgan fingerprint density at radius 1 is 1.56 bits per heavy atom. The molecule has 0 bridgehead atoms. The first-order chi connectivity index (χ1) is 7.70. The number of aromatic hydroxyl groups is 1. The van der Waals surface area contributed by atoms with Crippen LogP contribution in [0.2, 0.25) is 0 Å². The summed E-state index contributed by atoms with van der Waals surface area (Å²) in [5.74, 6) is 0.430. The third-order valence-electron chi connectivity index (χ3n) is 3.24. The van der Waals surface area contributed by atoms with Gasteiger partial charge in [-0.05, 0) is 42.5 Å². The zero-order chi connectivity index (χ0) is 11.5. The van der Waals surface area contributed by atoms with Gasteiger partial charge in [0, 0.05) is 0 Å². The van der Waals surface area contributed by atoms with Crippen molar-refractivity contribution in [2.45, 2.75) is 32.3 Å². The number of rotatable bonds is 5. The summed E-state index contributed by atoms with van der Waals surface area (Å²) in [5.41, 5.74) is 0.694. The molecule has 1 heterocycles. The van der Waals surface area contributed by atoms with Gasteiger partial charge >= 0.3 is 0 Å². The number of hydrogen-bond donors (Lipinski definition) is 1. The van der Waals surface area contributed by atoms with Crippen LogP contribution in [0.15, 0.2) is 18.2 Å². The van der Waals surface area contributed by atoms with Crippen LogP contribution in [0, 0.1) is 11.7 Å². The highest BCUT2D eigenvalue weighted by molar-refractivity contribution is 5.32. The van der Waals surface area contributed by atoms with Gasteiger partial charge < -0.3 is 9.84 Å². The Labute approximate surface area is 95.1 Å². The molecule has 88 valence electrons. The van der Waals surface area contributed by atoms with Crippen molar-refractivity contribution in [1.82, 2.24) is 0 Å². The molecule has 1 aromatic carbocycles. The summed E-state index contributed by atoms with van der Waals surface area (Å²) in [6.07, 6.45) is 3.11. The molecule has 1 saturated heterocycles. The van der Waals surface area contributed by atoms with Crippen molar-refractivity contribution < 1.29 is 14.2 Å². The van der Waals surface area contributed by atoms with Crippen LogP contribution >= 0.6 is 0 Å². The van der Waals surface area contributed by atoms with E-state index in [-0.39, 0.29) is 11.6 Å². The highest BCUT2D eigenvalue weighted by atomic mass is 19.1. The molecular formula is C13H17FO2. The largest absolute Gasteiger partial charge is 0.508 e. The molecule has 2 nitrogen and oxygen atoms in total. The van der Waals surface area contributed by atoms with Gasteiger partial charge in [0.1, 0.15) is 11.6 Å². The average molecular weight is 224 g/mol. The van der Waals surface area contributed by atoms with Crippen LogP contribution < -0.4 is 0 Å². The molecule has 0 radical (unpaired) electrons. The van der Waals surface area contributed by atoms with Crippen molar-refractivity contribution in [3.63, 3.8) is 0 Å². The van der Waals surface area contributed by atoms with Gasteiger partial charge in [-0.3, -0.25) is 0 Å². The summed E-state index contributed by atoms with van der Waals surface area (Å²) in [6, 6.07) is 4.11. The van der Waals surface area contributed by atoms with Crippen molar-refractivity contribution in [2.75, 3.05) is 6.61 Å². The second kappa shape index (κ2) is 4.83. The van der Waals surface area contributed by atoms with E-state index in [4.69, 9.17) is 4.74 Å². The molecular weight excluding hydrogens is 207 g/mol. The van der Waals surface area contributed by atoms with E-state index in [9.17, 15) is 9.50 Å². The number of ether oxygens (including phenoxy) is 1. The number of hydrogen-bond acceptors (Lipinski definition) is 2. The quantitative estimate of drug-likeness (QED) is 0.780. The first-order valence-corrected chi connectivity index (χ1v) is 5.79. The standard InChI is InChI=1S/C13H17FO2/c1-2-9(13-8-16-13)3-4-10-7-11(14)5-6-12(10)15/h5-7,9,13,15H,2-4,8H2,1H3. The number of epoxide rings is 1. The van der Waals surface area contributed by atoms with Crippen LogP contribution in [-0.4, -0.2) is 17.8 Å². The van der Waals surface area contributed by atoms with Crippen molar-refractivity contribution in [1.29, 1.82) is 0 Å². The Balaban J connectivity index is 1.95. The lowest BCUT2D eigenvalue weighted by Gasteiger charge is -2.12. The number of benzene rings is 1. The number of aryl methyl sites for hydroxylation is 1. The maximum atomic E-state index is 13.0. The molecule has 1 aromatic rings. The molecule has 3 heteroatoms. The topological polar surface area (TPSA) is 32.8 Å². The minimum Gasteiger partial charge on any atom is -0.508 e. The van der Waals surface area contributed by atoms with Gasteiger partial charge in [0.15, 0.2) is 0 Å². The van der Waals surface area contributed by atoms with Gasteiger partial charge in [0.25, 0.3) is 0 Å². The molecule has 2 unspecified atom stereocenters. The van der Waals surface area contributed by atoms with E-state index in [1.165, 1.54) is 18.2 Å². The van der Waals surface area contributed by atoms with Gasteiger partial charge in [-0.15, -0.1) is 0 Å². The molecule has 1 N–H and O–H groups in total. The minimum absolute atomic E-state index is 0.188. The van der Waals surface area contributed by atoms with Gasteiger partial charge in [-0.1, -0.05) is 13.3 Å². The fourth-order valence-electron chi connectivity index (χ4n) is 2.08. The molecule has 1 aliphatic rings. The van der Waals surface area contributed by atoms with Crippen LogP contribution in [0.4, 0.5) is 4.39 Å². The van der Waals surface area contributed by atoms with Crippen LogP contribution in [0.3, 0.4) is 0 Å². The lowest BCUT2D eigenvalue weighted by Crippen LogP contribution is -2.08. The zero-order valence-corrected chi connectivity index (χ0v) is 9.45. The smallest absolute Gasteiger partial charge is 0.123 e. The third kappa shape index (κ3) is 2.73. The van der Waals surface area contributed by atoms with Crippen LogP contribution in [0.1, 0.15) is 25.3 Å². The highest BCUT2D eigenvalue weighted by Gasteiger charge is 2.30. The van der Waals surface area contributed by atoms with Gasteiger partial charge in [0.05, 0.1) is 12.7 Å². The monoisotopic (exact) mass is 224 g/mol. The summed E-state index contributed by atoms with van der Waals surface area (Å²) in [7, 11) is 0. The van der Waals surface area contributed by atoms with E-state index in [1.54, 1.807) is 0 Å². The summed E-state index contributed by atoms with van der Waals surface area (Å²) in [5, 5.41) is 9.58. The molecule has 2 atom stereocenters. The normalized spacial score (nSPS) is 20.8. The van der Waals surface area contributed by atoms with E-state index in [0.29, 0.717) is 24.0 Å². The molecule has 16 heavy (non-hydrogen) atoms. The van der Waals surface area contributed by atoms with Gasteiger partial charge in [-0.2, -0.15) is 0 Å². The fourth-order valence-corrected chi connectivity index (χ4v) is 2.08. The van der Waals surface area contributed by atoms with E-state index < -0.39 is 0 Å². The maximum absolute atomic E-state index is 13.0. The number of phenolic OH excluding ortho intramolecular Hbond substituents is 1. The number of phenols is 1. The average Bonchev–Trinajstić information content (AvgIpc) is 3.08. The minimum atomic E-state index is -0.288. The lowest BCUT2D eigenvalue weighted by molar-refractivity contribution is 0.308. The molecule has 1 aliphatic heterocycles. The molecule has 0 aliphatic carbocycles. The Hall–Kier alpha value is -1.09. The van der Waals surface area contributed by atoms with E-state index in [0.717, 1.165) is 19.4 Å². The second-order valence-electron chi connectivity index (χ2n) is 4.35. The molecule has 0 spiro atoms. The summed E-state index contributed by atoms with van der Waals surface area (Å²) >= 11 is 0.